The minimum atomic E-state index is -0.363. The fraction of sp³-hybridized carbons (Fsp3) is 0.500. The van der Waals surface area contributed by atoms with Gasteiger partial charge in [0, 0.05) is 36.0 Å². The van der Waals surface area contributed by atoms with Crippen LogP contribution in [0.15, 0.2) is 30.7 Å². The molecule has 0 radical (unpaired) electrons. The second kappa shape index (κ2) is 9.64. The van der Waals surface area contributed by atoms with Crippen molar-refractivity contribution in [3.8, 4) is 5.88 Å². The van der Waals surface area contributed by atoms with Gasteiger partial charge in [-0.3, -0.25) is 9.88 Å². The molecule has 9 heteroatoms. The van der Waals surface area contributed by atoms with Gasteiger partial charge in [0.25, 0.3) is 0 Å². The van der Waals surface area contributed by atoms with Crippen molar-refractivity contribution < 1.29 is 19.1 Å². The molecule has 0 bridgehead atoms. The van der Waals surface area contributed by atoms with Crippen LogP contribution in [0.5, 0.6) is 5.88 Å². The van der Waals surface area contributed by atoms with E-state index in [1.54, 1.807) is 23.5 Å². The van der Waals surface area contributed by atoms with E-state index >= 15 is 0 Å². The van der Waals surface area contributed by atoms with Crippen LogP contribution in [-0.2, 0) is 16.0 Å². The van der Waals surface area contributed by atoms with Crippen LogP contribution in [0, 0.1) is 5.92 Å². The number of carbonyl (C=O) groups is 2. The van der Waals surface area contributed by atoms with Crippen molar-refractivity contribution >= 4 is 29.1 Å². The van der Waals surface area contributed by atoms with Crippen molar-refractivity contribution in [2.75, 3.05) is 12.0 Å². The number of amides is 1. The molecule has 2 unspecified atom stereocenters. The standard InChI is InChI=1S/C26H31N5O4/c1-16-4-9-20-21(30(16)26(33)34-3)10-11-22-24(20)29-25(17(2)35-23-14-27-12-13-28-23)31(22)19-7-5-18(15-32)6-8-19/h10-19H,4-9H2,1-3H3. The number of rotatable bonds is 5. The number of benzene rings is 1. The first kappa shape index (κ1) is 23.3. The van der Waals surface area contributed by atoms with Gasteiger partial charge in [-0.2, -0.15) is 0 Å². The summed E-state index contributed by atoms with van der Waals surface area (Å²) >= 11 is 0. The summed E-state index contributed by atoms with van der Waals surface area (Å²) in [6, 6.07) is 4.33. The fourth-order valence-corrected chi connectivity index (χ4v) is 5.54. The molecule has 0 spiro atoms. The molecule has 1 aromatic carbocycles. The minimum absolute atomic E-state index is 0.0477. The SMILES string of the molecule is COC(=O)N1c2ccc3c(nc(C(C)Oc4cnccn4)n3C3CCC(C=O)CC3)c2CCC1C. The van der Waals surface area contributed by atoms with E-state index in [4.69, 9.17) is 14.5 Å². The number of carbonyl (C=O) groups excluding carboxylic acids is 2. The Kier molecular flexibility index (Phi) is 6.40. The van der Waals surface area contributed by atoms with Crippen LogP contribution in [0.4, 0.5) is 10.5 Å². The lowest BCUT2D eigenvalue weighted by atomic mass is 9.86. The molecule has 0 N–H and O–H groups in total. The van der Waals surface area contributed by atoms with Crippen molar-refractivity contribution in [2.45, 2.75) is 70.6 Å². The van der Waals surface area contributed by atoms with Crippen LogP contribution in [-0.4, -0.2) is 45.1 Å². The van der Waals surface area contributed by atoms with Crippen LogP contribution >= 0.6 is 0 Å². The number of aldehydes is 1. The first-order chi connectivity index (χ1) is 17.0. The first-order valence-electron chi connectivity index (χ1n) is 12.3. The molecule has 9 nitrogen and oxygen atoms in total. The molecule has 1 amide bonds. The highest BCUT2D eigenvalue weighted by Crippen LogP contribution is 2.41. The van der Waals surface area contributed by atoms with Crippen LogP contribution in [0.2, 0.25) is 0 Å². The van der Waals surface area contributed by atoms with E-state index < -0.39 is 0 Å². The Morgan fingerprint density at radius 1 is 1.17 bits per heavy atom. The summed E-state index contributed by atoms with van der Waals surface area (Å²) in [5, 5.41) is 0. The van der Waals surface area contributed by atoms with Crippen LogP contribution in [0.3, 0.4) is 0 Å². The topological polar surface area (TPSA) is 99.4 Å². The lowest BCUT2D eigenvalue weighted by Crippen LogP contribution is -2.42. The average molecular weight is 478 g/mol. The summed E-state index contributed by atoms with van der Waals surface area (Å²) in [5.41, 5.74) is 3.83. The van der Waals surface area contributed by atoms with Gasteiger partial charge in [0.15, 0.2) is 11.9 Å². The summed E-state index contributed by atoms with van der Waals surface area (Å²) in [5.74, 6) is 1.38. The maximum absolute atomic E-state index is 12.6. The molecule has 2 aliphatic rings. The number of imidazole rings is 1. The zero-order valence-corrected chi connectivity index (χ0v) is 20.4. The van der Waals surface area contributed by atoms with Gasteiger partial charge in [0.1, 0.15) is 6.29 Å². The minimum Gasteiger partial charge on any atom is -0.465 e. The first-order valence-corrected chi connectivity index (χ1v) is 12.3. The van der Waals surface area contributed by atoms with Crippen molar-refractivity contribution in [1.82, 2.24) is 19.5 Å². The van der Waals surface area contributed by atoms with E-state index in [1.165, 1.54) is 7.11 Å². The number of methoxy groups -OCH3 is 1. The fourth-order valence-electron chi connectivity index (χ4n) is 5.54. The number of ether oxygens (including phenoxy) is 2. The molecule has 0 saturated heterocycles. The highest BCUT2D eigenvalue weighted by molar-refractivity contribution is 5.95. The summed E-state index contributed by atoms with van der Waals surface area (Å²) in [4.78, 5) is 39.1. The van der Waals surface area contributed by atoms with Gasteiger partial charge in [0.2, 0.25) is 5.88 Å². The van der Waals surface area contributed by atoms with Gasteiger partial charge < -0.3 is 18.8 Å². The maximum Gasteiger partial charge on any atom is 0.414 e. The van der Waals surface area contributed by atoms with E-state index in [1.807, 2.05) is 19.9 Å². The number of anilines is 1. The molecule has 3 heterocycles. The van der Waals surface area contributed by atoms with Crippen molar-refractivity contribution in [3.63, 3.8) is 0 Å². The Morgan fingerprint density at radius 3 is 2.66 bits per heavy atom. The highest BCUT2D eigenvalue weighted by atomic mass is 16.5. The second-order valence-corrected chi connectivity index (χ2v) is 9.51. The molecule has 1 saturated carbocycles. The Hall–Kier alpha value is -3.49. The molecule has 2 atom stereocenters. The molecule has 2 aromatic heterocycles. The van der Waals surface area contributed by atoms with Gasteiger partial charge in [-0.15, -0.1) is 0 Å². The number of aromatic nitrogens is 4. The van der Waals surface area contributed by atoms with Crippen molar-refractivity contribution in [1.29, 1.82) is 0 Å². The van der Waals surface area contributed by atoms with E-state index in [2.05, 4.69) is 20.6 Å². The Balaban J connectivity index is 1.61. The largest absolute Gasteiger partial charge is 0.465 e. The van der Waals surface area contributed by atoms with E-state index in [9.17, 15) is 9.59 Å². The quantitative estimate of drug-likeness (QED) is 0.487. The van der Waals surface area contributed by atoms with E-state index in [0.717, 1.165) is 72.9 Å². The molecule has 1 fully saturated rings. The second-order valence-electron chi connectivity index (χ2n) is 9.51. The Labute approximate surface area is 204 Å². The van der Waals surface area contributed by atoms with Gasteiger partial charge in [-0.1, -0.05) is 0 Å². The Bertz CT molecular complexity index is 1220. The third kappa shape index (κ3) is 4.24. The molecule has 1 aliphatic heterocycles. The van der Waals surface area contributed by atoms with Crippen LogP contribution in [0.25, 0.3) is 11.0 Å². The number of hydrogen-bond donors (Lipinski definition) is 0. The monoisotopic (exact) mass is 477 g/mol. The molecule has 3 aromatic rings. The number of fused-ring (bicyclic) bond motifs is 3. The zero-order chi connectivity index (χ0) is 24.5. The molecular weight excluding hydrogens is 446 g/mol. The average Bonchev–Trinajstić information content (AvgIpc) is 3.29. The van der Waals surface area contributed by atoms with E-state index in [-0.39, 0.29) is 30.2 Å². The Morgan fingerprint density at radius 2 is 1.97 bits per heavy atom. The summed E-state index contributed by atoms with van der Waals surface area (Å²) in [6.07, 6.45) is 10.4. The normalized spacial score (nSPS) is 22.9. The molecule has 184 valence electrons. The van der Waals surface area contributed by atoms with Gasteiger partial charge >= 0.3 is 6.09 Å². The molecule has 5 rings (SSSR count). The molecule has 1 aliphatic carbocycles. The van der Waals surface area contributed by atoms with Crippen molar-refractivity contribution in [3.05, 3.63) is 42.1 Å². The summed E-state index contributed by atoms with van der Waals surface area (Å²) in [7, 11) is 1.41. The summed E-state index contributed by atoms with van der Waals surface area (Å²) in [6.45, 7) is 4.01. The molecular formula is C26H31N5O4. The predicted molar refractivity (Wildman–Crippen MR) is 131 cm³/mol. The van der Waals surface area contributed by atoms with Gasteiger partial charge in [-0.25, -0.2) is 14.8 Å². The highest BCUT2D eigenvalue weighted by Gasteiger charge is 2.34. The maximum atomic E-state index is 12.6. The predicted octanol–water partition coefficient (Wildman–Crippen LogP) is 4.80. The number of nitrogens with zero attached hydrogens (tertiary/aromatic N) is 5. The lowest BCUT2D eigenvalue weighted by Gasteiger charge is -2.34. The van der Waals surface area contributed by atoms with E-state index in [0.29, 0.717) is 5.88 Å². The molecule has 35 heavy (non-hydrogen) atoms. The summed E-state index contributed by atoms with van der Waals surface area (Å²) < 4.78 is 13.5. The zero-order valence-electron chi connectivity index (χ0n) is 20.4. The third-order valence-corrected chi connectivity index (χ3v) is 7.35. The smallest absolute Gasteiger partial charge is 0.414 e. The van der Waals surface area contributed by atoms with Gasteiger partial charge in [-0.05, 0) is 64.5 Å². The van der Waals surface area contributed by atoms with Gasteiger partial charge in [0.05, 0.1) is 30.0 Å². The van der Waals surface area contributed by atoms with Crippen LogP contribution in [0.1, 0.15) is 69.5 Å². The third-order valence-electron chi connectivity index (χ3n) is 7.35. The van der Waals surface area contributed by atoms with Crippen molar-refractivity contribution in [2.24, 2.45) is 5.92 Å². The lowest BCUT2D eigenvalue weighted by molar-refractivity contribution is -0.112. The number of hydrogen-bond acceptors (Lipinski definition) is 7. The van der Waals surface area contributed by atoms with Crippen LogP contribution < -0.4 is 9.64 Å². The number of aryl methyl sites for hydroxylation is 1.